The fourth-order valence-electron chi connectivity index (χ4n) is 0.325. The van der Waals surface area contributed by atoms with Crippen LogP contribution in [0.1, 0.15) is 6.92 Å². The fraction of sp³-hybridized carbons (Fsp3) is 0.250. The van der Waals surface area contributed by atoms with Gasteiger partial charge in [-0.2, -0.15) is 0 Å². The molecule has 0 saturated heterocycles. The SMILES string of the molecule is C[C]1=[CH][Sb]=[CH][SbH]1. The summed E-state index contributed by atoms with van der Waals surface area (Å²) in [6.45, 7) is 2.28. The molecule has 0 aliphatic carbocycles. The zero-order valence-electron chi connectivity index (χ0n) is 3.60. The molecule has 2 heteroatoms. The third kappa shape index (κ3) is 1.39. The third-order valence-electron chi connectivity index (χ3n) is 0.635. The second-order valence-electron chi connectivity index (χ2n) is 1.23. The van der Waals surface area contributed by atoms with E-state index in [-0.39, 0.29) is 42.8 Å². The molecule has 32 valence electrons. The van der Waals surface area contributed by atoms with Gasteiger partial charge in [-0.25, -0.2) is 0 Å². The Morgan fingerprint density at radius 2 is 2.67 bits per heavy atom. The van der Waals surface area contributed by atoms with E-state index in [0.29, 0.717) is 0 Å². The van der Waals surface area contributed by atoms with Crippen molar-refractivity contribution in [3.8, 4) is 0 Å². The summed E-state index contributed by atoms with van der Waals surface area (Å²) in [5.74, 6) is 0. The first kappa shape index (κ1) is 5.38. The van der Waals surface area contributed by atoms with Crippen LogP contribution in [0.15, 0.2) is 7.54 Å². The van der Waals surface area contributed by atoms with Gasteiger partial charge < -0.3 is 0 Å². The van der Waals surface area contributed by atoms with Crippen LogP contribution >= 0.6 is 0 Å². The molecule has 0 spiro atoms. The van der Waals surface area contributed by atoms with Crippen LogP contribution in [0, 0.1) is 0 Å². The second kappa shape index (κ2) is 2.53. The van der Waals surface area contributed by atoms with Crippen molar-refractivity contribution in [3.63, 3.8) is 0 Å². The summed E-state index contributed by atoms with van der Waals surface area (Å²) >= 11 is 0.247. The van der Waals surface area contributed by atoms with Crippen LogP contribution in [-0.2, 0) is 0 Å². The summed E-state index contributed by atoms with van der Waals surface area (Å²) in [7, 11) is 0. The van der Waals surface area contributed by atoms with E-state index in [1.54, 1.807) is 3.52 Å². The molecule has 1 aliphatic heterocycles. The molecule has 0 amide bonds. The molecule has 1 heterocycles. The summed E-state index contributed by atoms with van der Waals surface area (Å²) in [4.78, 5) is 0. The summed E-state index contributed by atoms with van der Waals surface area (Å²) in [6.07, 6.45) is 0. The van der Waals surface area contributed by atoms with E-state index in [0.717, 1.165) is 0 Å². The number of hydrogen-bond donors (Lipinski definition) is 0. The Morgan fingerprint density at radius 3 is 2.83 bits per heavy atom. The Kier molecular flexibility index (Phi) is 2.27. The van der Waals surface area contributed by atoms with E-state index in [1.807, 2.05) is 0 Å². The molecule has 0 fully saturated rings. The van der Waals surface area contributed by atoms with Crippen LogP contribution in [0.3, 0.4) is 0 Å². The molecule has 0 aromatic carbocycles. The number of rotatable bonds is 0. The van der Waals surface area contributed by atoms with E-state index in [2.05, 4.69) is 12.8 Å². The molecule has 1 aliphatic rings. The van der Waals surface area contributed by atoms with Crippen molar-refractivity contribution in [3.05, 3.63) is 7.54 Å². The molecule has 0 aromatic heterocycles. The van der Waals surface area contributed by atoms with E-state index >= 15 is 0 Å². The number of hydrogen-bond acceptors (Lipinski definition) is 0. The maximum atomic E-state index is 2.61. The van der Waals surface area contributed by atoms with Crippen LogP contribution < -0.4 is 0 Å². The minimum atomic E-state index is 0.0422. The topological polar surface area (TPSA) is 0 Å². The Bertz CT molecular complexity index is 102. The van der Waals surface area contributed by atoms with Gasteiger partial charge in [0, 0.05) is 0 Å². The van der Waals surface area contributed by atoms with Gasteiger partial charge in [0.05, 0.1) is 0 Å². The normalized spacial score (nSPS) is 18.5. The van der Waals surface area contributed by atoms with Gasteiger partial charge in [-0.1, -0.05) is 0 Å². The van der Waals surface area contributed by atoms with Crippen LogP contribution in [0.5, 0.6) is 0 Å². The molecule has 0 unspecified atom stereocenters. The van der Waals surface area contributed by atoms with Crippen molar-refractivity contribution in [1.82, 2.24) is 0 Å². The van der Waals surface area contributed by atoms with E-state index < -0.39 is 0 Å². The molecule has 0 atom stereocenters. The van der Waals surface area contributed by atoms with Gasteiger partial charge in [0.2, 0.25) is 0 Å². The molecule has 0 aromatic rings. The maximum absolute atomic E-state index is 2.61. The summed E-state index contributed by atoms with van der Waals surface area (Å²) < 4.78 is 6.86. The van der Waals surface area contributed by atoms with Crippen molar-refractivity contribution in [2.75, 3.05) is 0 Å². The van der Waals surface area contributed by atoms with Gasteiger partial charge in [-0.15, -0.1) is 0 Å². The van der Waals surface area contributed by atoms with E-state index in [9.17, 15) is 0 Å². The second-order valence-corrected chi connectivity index (χ2v) is 11.6. The monoisotopic (exact) mass is 296 g/mol. The van der Waals surface area contributed by atoms with E-state index in [1.165, 1.54) is 0 Å². The zero-order chi connectivity index (χ0) is 4.41. The molecular formula is C4H6Sb2. The van der Waals surface area contributed by atoms with Crippen molar-refractivity contribution >= 4 is 44.7 Å². The van der Waals surface area contributed by atoms with Crippen molar-refractivity contribution in [1.29, 1.82) is 0 Å². The zero-order valence-corrected chi connectivity index (χ0v) is 9.01. The van der Waals surface area contributed by atoms with Crippen LogP contribution in [0.25, 0.3) is 0 Å². The average molecular weight is 298 g/mol. The van der Waals surface area contributed by atoms with Gasteiger partial charge in [-0.3, -0.25) is 0 Å². The van der Waals surface area contributed by atoms with Gasteiger partial charge >= 0.3 is 59.1 Å². The third-order valence-corrected chi connectivity index (χ3v) is 12.1. The number of allylic oxidation sites excluding steroid dienone is 1. The van der Waals surface area contributed by atoms with Crippen molar-refractivity contribution < 1.29 is 0 Å². The van der Waals surface area contributed by atoms with Gasteiger partial charge in [0.25, 0.3) is 0 Å². The molecule has 0 N–H and O–H groups in total. The first-order valence-electron chi connectivity index (χ1n) is 1.84. The van der Waals surface area contributed by atoms with Crippen molar-refractivity contribution in [2.24, 2.45) is 0 Å². The van der Waals surface area contributed by atoms with Gasteiger partial charge in [0.15, 0.2) is 0 Å². The Balaban J connectivity index is 2.61. The van der Waals surface area contributed by atoms with Gasteiger partial charge in [0.1, 0.15) is 0 Å². The van der Waals surface area contributed by atoms with Crippen LogP contribution in [0.2, 0.25) is 0 Å². The molecular weight excluding hydrogens is 292 g/mol. The Labute approximate surface area is 58.5 Å². The van der Waals surface area contributed by atoms with E-state index in [4.69, 9.17) is 0 Å². The summed E-state index contributed by atoms with van der Waals surface area (Å²) in [5, 5.41) is 0. The first-order valence-corrected chi connectivity index (χ1v) is 7.87. The summed E-state index contributed by atoms with van der Waals surface area (Å²) in [5.41, 5.74) is 0. The Hall–Kier alpha value is 1.25. The first-order chi connectivity index (χ1) is 2.89. The molecule has 0 saturated carbocycles. The van der Waals surface area contributed by atoms with Crippen LogP contribution in [-0.4, -0.2) is 44.7 Å². The molecule has 0 radical (unpaired) electrons. The average Bonchev–Trinajstić information content (AvgIpc) is 1.86. The molecule has 0 bridgehead atoms. The van der Waals surface area contributed by atoms with Crippen molar-refractivity contribution in [2.45, 2.75) is 6.92 Å². The van der Waals surface area contributed by atoms with Crippen LogP contribution in [0.4, 0.5) is 0 Å². The predicted molar refractivity (Wildman–Crippen MR) is 32.7 cm³/mol. The molecule has 1 rings (SSSR count). The minimum absolute atomic E-state index is 0.0422. The molecule has 0 nitrogen and oxygen atoms in total. The predicted octanol–water partition coefficient (Wildman–Crippen LogP) is -0.238. The fourth-order valence-corrected chi connectivity index (χ4v) is 11.8. The quantitative estimate of drug-likeness (QED) is 0.542. The molecule has 6 heavy (non-hydrogen) atoms. The Morgan fingerprint density at radius 1 is 1.83 bits per heavy atom. The summed E-state index contributed by atoms with van der Waals surface area (Å²) in [6, 6.07) is 0. The van der Waals surface area contributed by atoms with Gasteiger partial charge in [-0.05, 0) is 0 Å². The standard InChI is InChI=1S/C3H4.CH.2Sb.H/c1-3-2;;;;/h1H,2H3;1H;;;.